The molecule has 3 heteroatoms. The van der Waals surface area contributed by atoms with Gasteiger partial charge in [-0.15, -0.1) is 12.4 Å². The van der Waals surface area contributed by atoms with Gasteiger partial charge in [-0.2, -0.15) is 0 Å². The van der Waals surface area contributed by atoms with Crippen LogP contribution in [-0.2, 0) is 4.74 Å². The number of rotatable bonds is 7. The maximum atomic E-state index is 10.7. The van der Waals surface area contributed by atoms with E-state index in [1.165, 1.54) is 56.9 Å². The van der Waals surface area contributed by atoms with Crippen LogP contribution in [0.15, 0.2) is 11.6 Å². The van der Waals surface area contributed by atoms with Crippen LogP contribution in [0.2, 0.25) is 0 Å². The van der Waals surface area contributed by atoms with E-state index in [-0.39, 0.29) is 30.0 Å². The Labute approximate surface area is 204 Å². The molecule has 0 heterocycles. The van der Waals surface area contributed by atoms with Crippen LogP contribution in [0, 0.1) is 46.3 Å². The number of hydrogen-bond acceptors (Lipinski definition) is 2. The monoisotopic (exact) mass is 466 g/mol. The summed E-state index contributed by atoms with van der Waals surface area (Å²) in [6.45, 7) is 15.3. The highest BCUT2D eigenvalue weighted by molar-refractivity contribution is 5.85. The number of aliphatic hydroxyl groups excluding tert-OH is 1. The molecule has 2 nitrogen and oxygen atoms in total. The molecule has 0 aliphatic heterocycles. The van der Waals surface area contributed by atoms with Gasteiger partial charge in [-0.3, -0.25) is 0 Å². The van der Waals surface area contributed by atoms with Gasteiger partial charge in [-0.05, 0) is 104 Å². The maximum Gasteiger partial charge on any atom is 0.105 e. The number of hydrogen-bond donors (Lipinski definition) is 1. The van der Waals surface area contributed by atoms with Crippen LogP contribution in [-0.4, -0.2) is 23.9 Å². The highest BCUT2D eigenvalue weighted by atomic mass is 35.5. The van der Waals surface area contributed by atoms with Crippen LogP contribution in [0.25, 0.3) is 0 Å². The Balaban J connectivity index is 0.00000289. The first-order valence-corrected chi connectivity index (χ1v) is 13.7. The third-order valence-electron chi connectivity index (χ3n) is 10.7. The molecule has 186 valence electrons. The molecule has 0 amide bonds. The summed E-state index contributed by atoms with van der Waals surface area (Å²) in [5.41, 5.74) is 2.24. The molecule has 0 saturated heterocycles. The number of fused-ring (bicyclic) bond motifs is 5. The van der Waals surface area contributed by atoms with Gasteiger partial charge in [-0.25, -0.2) is 0 Å². The summed E-state index contributed by atoms with van der Waals surface area (Å²) in [5, 5.41) is 10.7. The summed E-state index contributed by atoms with van der Waals surface area (Å²) in [6, 6.07) is 0. The van der Waals surface area contributed by atoms with Crippen LogP contribution in [0.3, 0.4) is 0 Å². The molecule has 4 aliphatic rings. The van der Waals surface area contributed by atoms with E-state index < -0.39 is 0 Å². The lowest BCUT2D eigenvalue weighted by atomic mass is 9.46. The lowest BCUT2D eigenvalue weighted by Crippen LogP contribution is -2.54. The Morgan fingerprint density at radius 2 is 1.78 bits per heavy atom. The van der Waals surface area contributed by atoms with Crippen LogP contribution >= 0.6 is 12.4 Å². The van der Waals surface area contributed by atoms with Crippen molar-refractivity contribution in [2.75, 3.05) is 6.61 Å². The average Bonchev–Trinajstić information content (AvgIpc) is 3.07. The minimum atomic E-state index is -0.313. The first-order valence-electron chi connectivity index (χ1n) is 13.7. The van der Waals surface area contributed by atoms with Crippen molar-refractivity contribution in [3.05, 3.63) is 11.6 Å². The number of halogens is 1. The van der Waals surface area contributed by atoms with Crippen molar-refractivity contribution >= 4 is 12.4 Å². The predicted octanol–water partition coefficient (Wildman–Crippen LogP) is 7.83. The van der Waals surface area contributed by atoms with Crippen LogP contribution < -0.4 is 0 Å². The molecule has 4 aliphatic carbocycles. The van der Waals surface area contributed by atoms with Gasteiger partial charge in [0.25, 0.3) is 0 Å². The van der Waals surface area contributed by atoms with Gasteiger partial charge in [0.2, 0.25) is 0 Å². The summed E-state index contributed by atoms with van der Waals surface area (Å²) in [5.74, 6) is 5.17. The van der Waals surface area contributed by atoms with E-state index in [0.717, 1.165) is 48.3 Å². The zero-order chi connectivity index (χ0) is 22.4. The van der Waals surface area contributed by atoms with E-state index in [1.807, 2.05) is 0 Å². The molecular weight excluding hydrogens is 416 g/mol. The van der Waals surface area contributed by atoms with E-state index in [4.69, 9.17) is 4.74 Å². The summed E-state index contributed by atoms with van der Waals surface area (Å²) >= 11 is 0. The van der Waals surface area contributed by atoms with Crippen molar-refractivity contribution in [2.24, 2.45) is 46.3 Å². The first kappa shape index (κ1) is 26.6. The molecule has 0 radical (unpaired) electrons. The van der Waals surface area contributed by atoms with E-state index >= 15 is 0 Å². The molecule has 3 fully saturated rings. The molecule has 2 unspecified atom stereocenters. The molecule has 0 bridgehead atoms. The second-order valence-electron chi connectivity index (χ2n) is 12.7. The zero-order valence-electron chi connectivity index (χ0n) is 21.7. The molecule has 3 saturated carbocycles. The van der Waals surface area contributed by atoms with Gasteiger partial charge >= 0.3 is 0 Å². The third kappa shape index (κ3) is 4.47. The molecular formula is C29H51ClO2. The second-order valence-corrected chi connectivity index (χ2v) is 12.7. The third-order valence-corrected chi connectivity index (χ3v) is 10.7. The quantitative estimate of drug-likeness (QED) is 0.387. The topological polar surface area (TPSA) is 29.5 Å². The van der Waals surface area contributed by atoms with E-state index in [9.17, 15) is 5.11 Å². The Hall–Kier alpha value is -0.0500. The SMILES string of the molecule is CCOC1C2=CC[C@H]3[C@@H]4CC[C@H](C(C)CCCC(C)C)[C@@]4(C)CC[C@@H]3[C@@]2(C)CC[C@@H]1O.Cl. The molecule has 1 N–H and O–H groups in total. The lowest BCUT2D eigenvalue weighted by molar-refractivity contribution is -0.0946. The smallest absolute Gasteiger partial charge is 0.105 e. The van der Waals surface area contributed by atoms with Crippen LogP contribution in [0.5, 0.6) is 0 Å². The standard InChI is InChI=1S/C29H50O2.ClH/c1-7-31-27-25-12-11-21-23-14-13-22(20(4)10-8-9-19(2)3)28(23,5)17-15-24(21)29(25,6)18-16-26(27)30;/h12,19-24,26-27,30H,7-11,13-18H2,1-6H3;1H/t20?,21-,22+,23-,24-,26-,27?,28+,29+;/m0./s1. The summed E-state index contributed by atoms with van der Waals surface area (Å²) in [6.07, 6.45) is 15.4. The van der Waals surface area contributed by atoms with Crippen LogP contribution in [0.4, 0.5) is 0 Å². The van der Waals surface area contributed by atoms with Gasteiger partial charge in [0.15, 0.2) is 0 Å². The maximum absolute atomic E-state index is 10.7. The number of aliphatic hydroxyl groups is 1. The largest absolute Gasteiger partial charge is 0.390 e. The number of ether oxygens (including phenoxy) is 1. The fourth-order valence-electron chi connectivity index (χ4n) is 9.10. The Morgan fingerprint density at radius 1 is 1.03 bits per heavy atom. The van der Waals surface area contributed by atoms with E-state index in [1.54, 1.807) is 0 Å². The van der Waals surface area contributed by atoms with Crippen molar-refractivity contribution < 1.29 is 9.84 Å². The van der Waals surface area contributed by atoms with Crippen molar-refractivity contribution in [1.82, 2.24) is 0 Å². The highest BCUT2D eigenvalue weighted by Crippen LogP contribution is 2.67. The van der Waals surface area contributed by atoms with Gasteiger partial charge in [0.1, 0.15) is 6.10 Å². The molecule has 4 rings (SSSR count). The van der Waals surface area contributed by atoms with Crippen molar-refractivity contribution in [1.29, 1.82) is 0 Å². The lowest BCUT2D eigenvalue weighted by Gasteiger charge is -2.59. The molecule has 9 atom stereocenters. The zero-order valence-corrected chi connectivity index (χ0v) is 22.6. The molecule has 0 aromatic carbocycles. The minimum Gasteiger partial charge on any atom is -0.390 e. The van der Waals surface area contributed by atoms with Crippen molar-refractivity contribution in [3.63, 3.8) is 0 Å². The fourth-order valence-corrected chi connectivity index (χ4v) is 9.10. The van der Waals surface area contributed by atoms with Gasteiger partial charge in [-0.1, -0.05) is 60.0 Å². The highest BCUT2D eigenvalue weighted by Gasteiger charge is 2.60. The van der Waals surface area contributed by atoms with Gasteiger partial charge in [0, 0.05) is 6.61 Å². The van der Waals surface area contributed by atoms with Crippen molar-refractivity contribution in [2.45, 2.75) is 118 Å². The Kier molecular flexibility index (Phi) is 8.54. The molecule has 32 heavy (non-hydrogen) atoms. The summed E-state index contributed by atoms with van der Waals surface area (Å²) in [7, 11) is 0. The first-order chi connectivity index (χ1) is 14.7. The molecule has 0 aromatic rings. The Morgan fingerprint density at radius 3 is 2.47 bits per heavy atom. The fraction of sp³-hybridized carbons (Fsp3) is 0.931. The van der Waals surface area contributed by atoms with Gasteiger partial charge in [0.05, 0.1) is 6.10 Å². The normalized spacial score (nSPS) is 44.2. The van der Waals surface area contributed by atoms with Crippen molar-refractivity contribution in [3.8, 4) is 0 Å². The van der Waals surface area contributed by atoms with E-state index in [0.29, 0.717) is 12.0 Å². The summed E-state index contributed by atoms with van der Waals surface area (Å²) in [4.78, 5) is 0. The predicted molar refractivity (Wildman–Crippen MR) is 137 cm³/mol. The van der Waals surface area contributed by atoms with Crippen LogP contribution in [0.1, 0.15) is 106 Å². The summed E-state index contributed by atoms with van der Waals surface area (Å²) < 4.78 is 6.10. The molecule has 0 aromatic heterocycles. The minimum absolute atomic E-state index is 0. The Bertz CT molecular complexity index is 660. The van der Waals surface area contributed by atoms with Gasteiger partial charge < -0.3 is 9.84 Å². The number of allylic oxidation sites excluding steroid dienone is 1. The average molecular weight is 467 g/mol. The second kappa shape index (κ2) is 10.3. The van der Waals surface area contributed by atoms with E-state index in [2.05, 4.69) is 47.6 Å². The molecule has 0 spiro atoms.